The average molecular weight is 272 g/mol. The van der Waals surface area contributed by atoms with E-state index < -0.39 is 5.54 Å². The summed E-state index contributed by atoms with van der Waals surface area (Å²) in [5, 5.41) is 21.8. The van der Waals surface area contributed by atoms with Gasteiger partial charge in [0.2, 0.25) is 0 Å². The van der Waals surface area contributed by atoms with Gasteiger partial charge in [0.05, 0.1) is 12.1 Å². The number of hydrogen-bond donors (Lipinski definition) is 2. The van der Waals surface area contributed by atoms with Crippen molar-refractivity contribution < 1.29 is 5.11 Å². The molecule has 0 radical (unpaired) electrons. The van der Waals surface area contributed by atoms with Crippen molar-refractivity contribution in [1.29, 1.82) is 5.26 Å². The Hall–Kier alpha value is -1.67. The minimum Gasteiger partial charge on any atom is -0.394 e. The van der Waals surface area contributed by atoms with Crippen molar-refractivity contribution in [3.63, 3.8) is 0 Å². The molecular formula is C15H16N2OS. The molecule has 4 heteroatoms. The predicted molar refractivity (Wildman–Crippen MR) is 76.8 cm³/mol. The van der Waals surface area contributed by atoms with Crippen LogP contribution in [0.4, 0.5) is 0 Å². The monoisotopic (exact) mass is 272 g/mol. The molecule has 1 aromatic carbocycles. The number of benzene rings is 1. The van der Waals surface area contributed by atoms with E-state index in [0.717, 1.165) is 10.4 Å². The molecule has 0 fully saturated rings. The summed E-state index contributed by atoms with van der Waals surface area (Å²) in [6.07, 6.45) is 0. The van der Waals surface area contributed by atoms with Gasteiger partial charge in [-0.3, -0.25) is 0 Å². The molecular weight excluding hydrogens is 256 g/mol. The van der Waals surface area contributed by atoms with E-state index in [2.05, 4.69) is 11.4 Å². The molecule has 3 nitrogen and oxygen atoms in total. The van der Waals surface area contributed by atoms with Gasteiger partial charge in [0.15, 0.2) is 0 Å². The summed E-state index contributed by atoms with van der Waals surface area (Å²) in [5.74, 6) is 0. The van der Waals surface area contributed by atoms with Crippen molar-refractivity contribution in [1.82, 2.24) is 5.32 Å². The zero-order valence-corrected chi connectivity index (χ0v) is 11.6. The van der Waals surface area contributed by atoms with Crippen molar-refractivity contribution in [3.05, 3.63) is 57.8 Å². The fourth-order valence-corrected chi connectivity index (χ4v) is 2.62. The van der Waals surface area contributed by atoms with E-state index in [-0.39, 0.29) is 6.61 Å². The maximum absolute atomic E-state index is 9.66. The lowest BCUT2D eigenvalue weighted by atomic mass is 9.93. The molecule has 2 N–H and O–H groups in total. The van der Waals surface area contributed by atoms with Gasteiger partial charge in [-0.25, -0.2) is 0 Å². The van der Waals surface area contributed by atoms with Crippen molar-refractivity contribution in [3.8, 4) is 6.07 Å². The number of nitriles is 1. The molecule has 2 rings (SSSR count). The minimum absolute atomic E-state index is 0.0213. The van der Waals surface area contributed by atoms with Crippen LogP contribution in [0.3, 0.4) is 0 Å². The van der Waals surface area contributed by atoms with Gasteiger partial charge in [-0.15, -0.1) is 11.3 Å². The first kappa shape index (κ1) is 13.8. The summed E-state index contributed by atoms with van der Waals surface area (Å²) < 4.78 is 0. The molecule has 0 spiro atoms. The molecule has 1 atom stereocenters. The van der Waals surface area contributed by atoms with Gasteiger partial charge < -0.3 is 10.4 Å². The van der Waals surface area contributed by atoms with E-state index >= 15 is 0 Å². The van der Waals surface area contributed by atoms with Gasteiger partial charge >= 0.3 is 0 Å². The molecule has 1 aromatic heterocycles. The molecule has 0 amide bonds. The first-order valence-electron chi connectivity index (χ1n) is 6.08. The smallest absolute Gasteiger partial charge is 0.110 e. The average Bonchev–Trinajstić information content (AvgIpc) is 2.94. The zero-order valence-electron chi connectivity index (χ0n) is 10.8. The summed E-state index contributed by atoms with van der Waals surface area (Å²) in [6.45, 7) is 2.63. The van der Waals surface area contributed by atoms with Crippen LogP contribution in [0.5, 0.6) is 0 Å². The second-order valence-electron chi connectivity index (χ2n) is 4.59. The van der Waals surface area contributed by atoms with Crippen LogP contribution in [0.25, 0.3) is 0 Å². The highest BCUT2D eigenvalue weighted by molar-refractivity contribution is 7.12. The Bertz CT molecular complexity index is 573. The van der Waals surface area contributed by atoms with Gasteiger partial charge in [0.1, 0.15) is 10.9 Å². The van der Waals surface area contributed by atoms with Crippen molar-refractivity contribution in [2.24, 2.45) is 0 Å². The summed E-state index contributed by atoms with van der Waals surface area (Å²) in [4.78, 5) is 1.80. The maximum Gasteiger partial charge on any atom is 0.110 e. The van der Waals surface area contributed by atoms with Crippen LogP contribution in [-0.2, 0) is 12.1 Å². The molecule has 0 aliphatic rings. The Morgan fingerprint density at radius 1 is 1.26 bits per heavy atom. The maximum atomic E-state index is 9.66. The van der Waals surface area contributed by atoms with Gasteiger partial charge in [-0.05, 0) is 24.6 Å². The second-order valence-corrected chi connectivity index (χ2v) is 5.76. The lowest BCUT2D eigenvalue weighted by molar-refractivity contribution is 0.174. The van der Waals surface area contributed by atoms with E-state index in [1.165, 1.54) is 11.3 Å². The first-order chi connectivity index (χ1) is 9.18. The van der Waals surface area contributed by atoms with Gasteiger partial charge in [0, 0.05) is 11.4 Å². The van der Waals surface area contributed by atoms with E-state index in [1.807, 2.05) is 49.4 Å². The molecule has 1 heterocycles. The van der Waals surface area contributed by atoms with E-state index in [1.54, 1.807) is 0 Å². The molecule has 1 unspecified atom stereocenters. The molecule has 98 valence electrons. The largest absolute Gasteiger partial charge is 0.394 e. The quantitative estimate of drug-likeness (QED) is 0.879. The van der Waals surface area contributed by atoms with Crippen LogP contribution >= 0.6 is 11.3 Å². The number of aliphatic hydroxyl groups excluding tert-OH is 1. The normalized spacial score (nSPS) is 13.7. The van der Waals surface area contributed by atoms with Crippen LogP contribution in [-0.4, -0.2) is 11.7 Å². The Morgan fingerprint density at radius 3 is 2.58 bits per heavy atom. The number of thiophene rings is 1. The van der Waals surface area contributed by atoms with Gasteiger partial charge in [-0.2, -0.15) is 5.26 Å². The third-order valence-electron chi connectivity index (χ3n) is 3.15. The zero-order chi connectivity index (χ0) is 13.7. The third kappa shape index (κ3) is 3.21. The number of hydrogen-bond acceptors (Lipinski definition) is 4. The third-order valence-corrected chi connectivity index (χ3v) is 4.14. The van der Waals surface area contributed by atoms with Crippen LogP contribution in [0.2, 0.25) is 0 Å². The van der Waals surface area contributed by atoms with Gasteiger partial charge in [-0.1, -0.05) is 30.3 Å². The summed E-state index contributed by atoms with van der Waals surface area (Å²) in [5.41, 5.74) is 0.576. The van der Waals surface area contributed by atoms with E-state index in [4.69, 9.17) is 5.26 Å². The standard InChI is InChI=1S/C15H16N2OS/c1-15(11-18,12-5-3-2-4-6-12)17-10-14-8-7-13(9-16)19-14/h2-8,17-18H,10-11H2,1H3. The number of nitrogens with one attached hydrogen (secondary N) is 1. The molecule has 0 aliphatic heterocycles. The highest BCUT2D eigenvalue weighted by Crippen LogP contribution is 2.22. The van der Waals surface area contributed by atoms with Crippen molar-refractivity contribution in [2.75, 3.05) is 6.61 Å². The minimum atomic E-state index is -0.474. The van der Waals surface area contributed by atoms with Crippen molar-refractivity contribution >= 4 is 11.3 Å². The molecule has 19 heavy (non-hydrogen) atoms. The Labute approximate surface area is 117 Å². The second kappa shape index (κ2) is 5.98. The highest BCUT2D eigenvalue weighted by Gasteiger charge is 2.24. The number of aliphatic hydroxyl groups is 1. The fraction of sp³-hybridized carbons (Fsp3) is 0.267. The Kier molecular flexibility index (Phi) is 4.33. The van der Waals surface area contributed by atoms with Crippen LogP contribution in [0.1, 0.15) is 22.2 Å². The van der Waals surface area contributed by atoms with Crippen LogP contribution in [0.15, 0.2) is 42.5 Å². The predicted octanol–water partition coefficient (Wildman–Crippen LogP) is 2.62. The molecule has 0 saturated heterocycles. The topological polar surface area (TPSA) is 56.0 Å². The highest BCUT2D eigenvalue weighted by atomic mass is 32.1. The number of nitrogens with zero attached hydrogens (tertiary/aromatic N) is 1. The first-order valence-corrected chi connectivity index (χ1v) is 6.90. The summed E-state index contributed by atoms with van der Waals surface area (Å²) in [6, 6.07) is 15.8. The summed E-state index contributed by atoms with van der Waals surface area (Å²) in [7, 11) is 0. The SMILES string of the molecule is CC(CO)(NCc1ccc(C#N)s1)c1ccccc1. The Morgan fingerprint density at radius 2 is 2.00 bits per heavy atom. The van der Waals surface area contributed by atoms with Crippen LogP contribution < -0.4 is 5.32 Å². The number of rotatable bonds is 5. The van der Waals surface area contributed by atoms with Crippen LogP contribution in [0, 0.1) is 11.3 Å². The van der Waals surface area contributed by atoms with E-state index in [0.29, 0.717) is 11.4 Å². The van der Waals surface area contributed by atoms with Crippen molar-refractivity contribution in [2.45, 2.75) is 19.0 Å². The molecule has 0 saturated carbocycles. The molecule has 2 aromatic rings. The lowest BCUT2D eigenvalue weighted by Crippen LogP contribution is -2.42. The molecule has 0 bridgehead atoms. The lowest BCUT2D eigenvalue weighted by Gasteiger charge is -2.29. The van der Waals surface area contributed by atoms with E-state index in [9.17, 15) is 5.11 Å². The summed E-state index contributed by atoms with van der Waals surface area (Å²) >= 11 is 1.47. The van der Waals surface area contributed by atoms with Gasteiger partial charge in [0.25, 0.3) is 0 Å². The molecule has 0 aliphatic carbocycles. The Balaban J connectivity index is 2.09. The fourth-order valence-electron chi connectivity index (χ4n) is 1.87.